The van der Waals surface area contributed by atoms with Gasteiger partial charge in [0.05, 0.1) is 50.9 Å². The fourth-order valence-corrected chi connectivity index (χ4v) is 5.15. The summed E-state index contributed by atoms with van der Waals surface area (Å²) < 4.78 is 81.6. The van der Waals surface area contributed by atoms with Gasteiger partial charge < -0.3 is 22.6 Å². The Morgan fingerprint density at radius 2 is 1.43 bits per heavy atom. The summed E-state index contributed by atoms with van der Waals surface area (Å²) in [5.74, 6) is 5.48. The van der Waals surface area contributed by atoms with Crippen molar-refractivity contribution in [1.82, 2.24) is 0 Å². The molecule has 0 heterocycles. The van der Waals surface area contributed by atoms with Gasteiger partial charge >= 0.3 is 20.2 Å². The van der Waals surface area contributed by atoms with Crippen LogP contribution < -0.4 is 28.5 Å². The van der Waals surface area contributed by atoms with Crippen molar-refractivity contribution >= 4 is 32.3 Å². The van der Waals surface area contributed by atoms with Crippen LogP contribution in [0.25, 0.3) is 22.3 Å². The monoisotopic (exact) mass is 643 g/mol. The van der Waals surface area contributed by atoms with Crippen molar-refractivity contribution in [1.29, 1.82) is 0 Å². The van der Waals surface area contributed by atoms with Crippen LogP contribution in [0.1, 0.15) is 20.3 Å². The first-order chi connectivity index (χ1) is 19.8. The molecule has 3 rings (SSSR count). The highest BCUT2D eigenvalue weighted by atomic mass is 32.2. The highest BCUT2D eigenvalue weighted by Crippen LogP contribution is 2.51. The molecule has 0 aliphatic rings. The van der Waals surface area contributed by atoms with E-state index >= 15 is 0 Å². The lowest BCUT2D eigenvalue weighted by Crippen LogP contribution is -2.10. The summed E-state index contributed by atoms with van der Waals surface area (Å²) in [7, 11) is -5.26. The fraction of sp³-hybridized carbons (Fsp3) is 0.333. The molecule has 0 saturated carbocycles. The van der Waals surface area contributed by atoms with E-state index in [1.54, 1.807) is 36.4 Å². The van der Waals surface area contributed by atoms with Gasteiger partial charge in [0.1, 0.15) is 5.75 Å². The van der Waals surface area contributed by atoms with Crippen molar-refractivity contribution in [2.45, 2.75) is 25.2 Å². The molecule has 0 amide bonds. The topological polar surface area (TPSA) is 159 Å². The van der Waals surface area contributed by atoms with Gasteiger partial charge in [0.25, 0.3) is 0 Å². The van der Waals surface area contributed by atoms with Gasteiger partial charge in [0, 0.05) is 10.5 Å². The molecule has 12 nitrogen and oxygen atoms in total. The van der Waals surface area contributed by atoms with Gasteiger partial charge in [-0.3, -0.25) is 0 Å². The molecule has 0 bridgehead atoms. The molecule has 0 aromatic heterocycles. The molecule has 0 fully saturated rings. The van der Waals surface area contributed by atoms with E-state index in [0.717, 1.165) is 31.0 Å². The Morgan fingerprint density at radius 3 is 1.98 bits per heavy atom. The van der Waals surface area contributed by atoms with E-state index in [4.69, 9.17) is 28.5 Å². The van der Waals surface area contributed by atoms with Crippen molar-refractivity contribution < 1.29 is 48.7 Å². The Morgan fingerprint density at radius 1 is 0.786 bits per heavy atom. The molecule has 0 atom stereocenters. The van der Waals surface area contributed by atoms with Gasteiger partial charge in [-0.2, -0.15) is 22.7 Å². The van der Waals surface area contributed by atoms with E-state index < -0.39 is 20.2 Å². The van der Waals surface area contributed by atoms with Crippen molar-refractivity contribution in [2.24, 2.45) is 11.8 Å². The number of benzene rings is 3. The summed E-state index contributed by atoms with van der Waals surface area (Å²) in [4.78, 5) is 4.79. The first-order valence-electron chi connectivity index (χ1n) is 12.4. The maximum atomic E-state index is 12.4. The number of ether oxygens (including phenoxy) is 3. The van der Waals surface area contributed by atoms with E-state index in [-0.39, 0.29) is 34.3 Å². The Hall–Kier alpha value is -3.21. The minimum Gasteiger partial charge on any atom is -0.496 e. The number of hydrogen-bond donors (Lipinski definition) is 1. The maximum absolute atomic E-state index is 12.4. The lowest BCUT2D eigenvalue weighted by Gasteiger charge is -2.21. The minimum absolute atomic E-state index is 0.0843. The van der Waals surface area contributed by atoms with Crippen molar-refractivity contribution in [3.8, 4) is 51.0 Å². The minimum atomic E-state index is -4.08. The molecule has 0 radical (unpaired) electrons. The Bertz CT molecular complexity index is 1590. The van der Waals surface area contributed by atoms with E-state index in [1.165, 1.54) is 26.4 Å². The van der Waals surface area contributed by atoms with Crippen LogP contribution in [0, 0.1) is 5.92 Å². The average molecular weight is 644 g/mol. The van der Waals surface area contributed by atoms with E-state index in [0.29, 0.717) is 34.1 Å². The molecule has 0 aliphatic heterocycles. The van der Waals surface area contributed by atoms with Gasteiger partial charge in [-0.15, -0.1) is 9.32 Å². The summed E-state index contributed by atoms with van der Waals surface area (Å²) in [5.41, 5.74) is 1.57. The van der Waals surface area contributed by atoms with Crippen molar-refractivity contribution in [3.63, 3.8) is 0 Å². The molecule has 0 spiro atoms. The second kappa shape index (κ2) is 14.3. The molecule has 230 valence electrons. The SMILES string of the molecule is COc1cc(-c2ccc(SOON)cc2)c(OC)c(OS(C)(=O)=O)c1-c1ccc(OCCC(C)C)c(OS(C)(=O)=O)c1. The lowest BCUT2D eigenvalue weighted by atomic mass is 9.96. The fourth-order valence-electron chi connectivity index (χ4n) is 3.86. The smallest absolute Gasteiger partial charge is 0.306 e. The Balaban J connectivity index is 2.26. The largest absolute Gasteiger partial charge is 0.496 e. The Labute approximate surface area is 250 Å². The molecule has 15 heteroatoms. The molecule has 3 aromatic rings. The Kier molecular flexibility index (Phi) is 11.3. The van der Waals surface area contributed by atoms with Gasteiger partial charge in [0.15, 0.2) is 23.0 Å². The first kappa shape index (κ1) is 33.3. The quantitative estimate of drug-likeness (QED) is 0.102. The van der Waals surface area contributed by atoms with Gasteiger partial charge in [-0.25, -0.2) is 0 Å². The predicted molar refractivity (Wildman–Crippen MR) is 159 cm³/mol. The highest BCUT2D eigenvalue weighted by molar-refractivity contribution is 7.94. The van der Waals surface area contributed by atoms with Crippen LogP contribution in [0.5, 0.6) is 28.7 Å². The molecular formula is C27H33NO11S3. The maximum Gasteiger partial charge on any atom is 0.306 e. The zero-order valence-corrected chi connectivity index (χ0v) is 26.4. The van der Waals surface area contributed by atoms with Crippen LogP contribution in [-0.2, 0) is 29.6 Å². The first-order valence-corrected chi connectivity index (χ1v) is 16.8. The number of rotatable bonds is 15. The zero-order chi connectivity index (χ0) is 31.1. The van der Waals surface area contributed by atoms with Crippen LogP contribution in [0.3, 0.4) is 0 Å². The van der Waals surface area contributed by atoms with Crippen LogP contribution in [0.4, 0.5) is 0 Å². The third-order valence-electron chi connectivity index (χ3n) is 5.62. The van der Waals surface area contributed by atoms with Crippen LogP contribution in [0.2, 0.25) is 0 Å². The molecule has 42 heavy (non-hydrogen) atoms. The second-order valence-electron chi connectivity index (χ2n) is 9.40. The van der Waals surface area contributed by atoms with E-state index in [2.05, 4.69) is 9.32 Å². The lowest BCUT2D eigenvalue weighted by molar-refractivity contribution is -0.195. The molecular weight excluding hydrogens is 610 g/mol. The second-order valence-corrected chi connectivity index (χ2v) is 13.3. The number of hydrogen-bond acceptors (Lipinski definition) is 13. The summed E-state index contributed by atoms with van der Waals surface area (Å²) in [6, 6.07) is 13.1. The molecule has 0 saturated heterocycles. The van der Waals surface area contributed by atoms with Crippen LogP contribution in [0.15, 0.2) is 53.4 Å². The normalized spacial score (nSPS) is 11.8. The summed E-state index contributed by atoms with van der Waals surface area (Å²) >= 11 is 0.893. The highest BCUT2D eigenvalue weighted by Gasteiger charge is 2.27. The number of nitrogens with two attached hydrogens (primary N) is 1. The summed E-state index contributed by atoms with van der Waals surface area (Å²) in [6.45, 7) is 4.39. The molecule has 3 aromatic carbocycles. The third kappa shape index (κ3) is 9.14. The van der Waals surface area contributed by atoms with Crippen molar-refractivity contribution in [2.75, 3.05) is 33.3 Å². The third-order valence-corrected chi connectivity index (χ3v) is 7.18. The van der Waals surface area contributed by atoms with Crippen molar-refractivity contribution in [3.05, 3.63) is 48.5 Å². The predicted octanol–water partition coefficient (Wildman–Crippen LogP) is 4.97. The van der Waals surface area contributed by atoms with Gasteiger partial charge in [-0.05, 0) is 53.8 Å². The van der Waals surface area contributed by atoms with Gasteiger partial charge in [-0.1, -0.05) is 32.0 Å². The average Bonchev–Trinajstić information content (AvgIpc) is 2.90. The molecule has 0 unspecified atom stereocenters. The molecule has 2 N–H and O–H groups in total. The molecule has 0 aliphatic carbocycles. The zero-order valence-electron chi connectivity index (χ0n) is 23.9. The summed E-state index contributed by atoms with van der Waals surface area (Å²) in [5, 5.41) is 0. The summed E-state index contributed by atoms with van der Waals surface area (Å²) in [6.07, 6.45) is 2.53. The van der Waals surface area contributed by atoms with E-state index in [1.807, 2.05) is 13.8 Å². The standard InChI is InChI=1S/C27H33NO11S3/c1-17(2)13-14-35-22-12-9-19(15-23(22)36-41(5,29)30)25-24(33-3)16-21(26(34-4)27(25)37-42(6,31)32)18-7-10-20(11-8-18)40-39-38-28/h7-12,15-17H,13-14,28H2,1-6H3. The van der Waals surface area contributed by atoms with Crippen LogP contribution in [-0.4, -0.2) is 50.2 Å². The van der Waals surface area contributed by atoms with Crippen LogP contribution >= 0.6 is 12.0 Å². The number of methoxy groups -OCH3 is 2. The van der Waals surface area contributed by atoms with Gasteiger partial charge in [0.2, 0.25) is 0 Å². The van der Waals surface area contributed by atoms with E-state index in [9.17, 15) is 16.8 Å².